The van der Waals surface area contributed by atoms with Crippen LogP contribution in [0.1, 0.15) is 5.56 Å². The number of rotatable bonds is 1. The second-order valence-corrected chi connectivity index (χ2v) is 4.51. The summed E-state index contributed by atoms with van der Waals surface area (Å²) in [5.74, 6) is 0.0174. The van der Waals surface area contributed by atoms with Gasteiger partial charge in [0.2, 0.25) is 5.69 Å². The molecule has 0 saturated heterocycles. The van der Waals surface area contributed by atoms with E-state index in [0.717, 1.165) is 4.57 Å². The van der Waals surface area contributed by atoms with Crippen LogP contribution in [0.3, 0.4) is 0 Å². The van der Waals surface area contributed by atoms with Crippen molar-refractivity contribution >= 4 is 0 Å². The van der Waals surface area contributed by atoms with Crippen molar-refractivity contribution in [1.29, 1.82) is 5.26 Å². The molecule has 3 heterocycles. The quantitative estimate of drug-likeness (QED) is 0.524. The second kappa shape index (κ2) is 4.42. The third kappa shape index (κ3) is 1.83. The van der Waals surface area contributed by atoms with E-state index in [4.69, 9.17) is 5.26 Å². The molecule has 0 bridgehead atoms. The third-order valence-electron chi connectivity index (χ3n) is 3.22. The Balaban J connectivity index is 2.24. The number of aromatic nitrogens is 5. The summed E-state index contributed by atoms with van der Waals surface area (Å²) in [6.07, 6.45) is 3.24. The van der Waals surface area contributed by atoms with Gasteiger partial charge in [0.1, 0.15) is 0 Å². The van der Waals surface area contributed by atoms with Crippen LogP contribution in [0.25, 0.3) is 17.5 Å². The highest BCUT2D eigenvalue weighted by Gasteiger charge is 2.27. The van der Waals surface area contributed by atoms with Crippen molar-refractivity contribution in [3.05, 3.63) is 40.6 Å². The molecular weight excluding hydrogens is 272 g/mol. The number of hydrogen-bond donors (Lipinski definition) is 0. The SMILES string of the molecule is Cn1c2nc(-[n+]3ccc(C#N)cc3)nc-2c([O-])n(C)c1=O. The van der Waals surface area contributed by atoms with Crippen molar-refractivity contribution in [3.63, 3.8) is 0 Å². The minimum Gasteiger partial charge on any atom is -0.857 e. The Hall–Kier alpha value is -3.21. The molecule has 0 fully saturated rings. The van der Waals surface area contributed by atoms with Crippen molar-refractivity contribution in [2.45, 2.75) is 0 Å². The van der Waals surface area contributed by atoms with Crippen LogP contribution in [0.5, 0.6) is 5.88 Å². The molecule has 0 N–H and O–H groups in total. The lowest BCUT2D eigenvalue weighted by Gasteiger charge is -2.14. The molecule has 0 amide bonds. The third-order valence-corrected chi connectivity index (χ3v) is 3.22. The van der Waals surface area contributed by atoms with Gasteiger partial charge in [-0.2, -0.15) is 5.26 Å². The first-order valence-electron chi connectivity index (χ1n) is 6.05. The summed E-state index contributed by atoms with van der Waals surface area (Å²) in [4.78, 5) is 20.2. The van der Waals surface area contributed by atoms with Crippen LogP contribution in [0.15, 0.2) is 29.3 Å². The van der Waals surface area contributed by atoms with Gasteiger partial charge in [-0.05, 0) is 17.1 Å². The molecule has 8 heteroatoms. The van der Waals surface area contributed by atoms with E-state index in [1.807, 2.05) is 6.07 Å². The normalized spacial score (nSPS) is 10.7. The van der Waals surface area contributed by atoms with Crippen molar-refractivity contribution in [2.24, 2.45) is 14.1 Å². The highest BCUT2D eigenvalue weighted by atomic mass is 16.3. The molecular formula is C13H10N6O2. The van der Waals surface area contributed by atoms with Gasteiger partial charge in [0.25, 0.3) is 5.82 Å². The predicted octanol–water partition coefficient (Wildman–Crippen LogP) is -1.16. The Labute approximate surface area is 119 Å². The van der Waals surface area contributed by atoms with Crippen LogP contribution in [0.2, 0.25) is 0 Å². The first-order chi connectivity index (χ1) is 10.0. The molecule has 0 radical (unpaired) electrons. The van der Waals surface area contributed by atoms with E-state index in [0.29, 0.717) is 5.56 Å². The van der Waals surface area contributed by atoms with Crippen molar-refractivity contribution < 1.29 is 9.67 Å². The molecule has 0 saturated carbocycles. The lowest BCUT2D eigenvalue weighted by atomic mass is 10.3. The fourth-order valence-corrected chi connectivity index (χ4v) is 2.01. The number of fused-ring (bicyclic) bond motifs is 1. The highest BCUT2D eigenvalue weighted by Crippen LogP contribution is 2.23. The summed E-state index contributed by atoms with van der Waals surface area (Å²) < 4.78 is 3.84. The lowest BCUT2D eigenvalue weighted by molar-refractivity contribution is -0.603. The summed E-state index contributed by atoms with van der Waals surface area (Å²) in [5, 5.41) is 20.8. The monoisotopic (exact) mass is 282 g/mol. The van der Waals surface area contributed by atoms with Gasteiger partial charge in [-0.1, -0.05) is 4.98 Å². The Morgan fingerprint density at radius 2 is 1.90 bits per heavy atom. The standard InChI is InChI=1S/C13H10N6O2/c1-17-10-9(11(20)18(2)13(17)21)15-12(16-10)19-5-3-8(7-14)4-6-19/h3-6H,1-2H3. The van der Waals surface area contributed by atoms with E-state index in [-0.39, 0.29) is 17.5 Å². The summed E-state index contributed by atoms with van der Waals surface area (Å²) in [6.45, 7) is 0. The van der Waals surface area contributed by atoms with Gasteiger partial charge in [-0.15, -0.1) is 0 Å². The molecule has 0 aromatic carbocycles. The average molecular weight is 282 g/mol. The minimum absolute atomic E-state index is 0.131. The van der Waals surface area contributed by atoms with Crippen LogP contribution < -0.4 is 15.4 Å². The van der Waals surface area contributed by atoms with Crippen LogP contribution in [0, 0.1) is 11.3 Å². The Bertz CT molecular complexity index is 900. The van der Waals surface area contributed by atoms with E-state index in [9.17, 15) is 9.90 Å². The summed E-state index contributed by atoms with van der Waals surface area (Å²) in [5.41, 5.74) is 0.181. The summed E-state index contributed by atoms with van der Waals surface area (Å²) in [7, 11) is 2.93. The molecule has 0 spiro atoms. The maximum Gasteiger partial charge on any atom is 0.440 e. The van der Waals surface area contributed by atoms with Crippen molar-refractivity contribution in [1.82, 2.24) is 19.1 Å². The Morgan fingerprint density at radius 3 is 2.52 bits per heavy atom. The Kier molecular flexibility index (Phi) is 2.69. The largest absolute Gasteiger partial charge is 0.857 e. The van der Waals surface area contributed by atoms with Crippen LogP contribution in [0.4, 0.5) is 0 Å². The highest BCUT2D eigenvalue weighted by molar-refractivity contribution is 5.58. The van der Waals surface area contributed by atoms with Gasteiger partial charge < -0.3 is 9.67 Å². The molecule has 21 heavy (non-hydrogen) atoms. The number of nitrogens with zero attached hydrogens (tertiary/aromatic N) is 6. The summed E-state index contributed by atoms with van der Waals surface area (Å²) in [6, 6.07) is 5.23. The number of hydrogen-bond acceptors (Lipinski definition) is 5. The van der Waals surface area contributed by atoms with Gasteiger partial charge in [0, 0.05) is 20.0 Å². The van der Waals surface area contributed by atoms with Crippen LogP contribution in [-0.4, -0.2) is 19.1 Å². The second-order valence-electron chi connectivity index (χ2n) is 4.51. The number of nitriles is 1. The van der Waals surface area contributed by atoms with Gasteiger partial charge in [-0.25, -0.2) is 9.36 Å². The topological polar surface area (TPSA) is 103 Å². The minimum atomic E-state index is -0.485. The zero-order chi connectivity index (χ0) is 15.1. The van der Waals surface area contributed by atoms with Crippen LogP contribution >= 0.6 is 0 Å². The maximum atomic E-state index is 12.0. The van der Waals surface area contributed by atoms with Crippen molar-refractivity contribution in [3.8, 4) is 29.4 Å². The molecule has 0 aliphatic carbocycles. The van der Waals surface area contributed by atoms with Gasteiger partial charge >= 0.3 is 11.6 Å². The zero-order valence-electron chi connectivity index (χ0n) is 11.3. The van der Waals surface area contributed by atoms with Gasteiger partial charge in [0.15, 0.2) is 0 Å². The molecule has 0 unspecified atom stereocenters. The predicted molar refractivity (Wildman–Crippen MR) is 68.6 cm³/mol. The molecule has 1 aromatic heterocycles. The van der Waals surface area contributed by atoms with Gasteiger partial charge in [-0.3, -0.25) is 4.57 Å². The first kappa shape index (κ1) is 12.8. The van der Waals surface area contributed by atoms with Crippen LogP contribution in [-0.2, 0) is 14.1 Å². The Morgan fingerprint density at radius 1 is 1.24 bits per heavy atom. The van der Waals surface area contributed by atoms with E-state index < -0.39 is 11.6 Å². The first-order valence-corrected chi connectivity index (χ1v) is 6.05. The van der Waals surface area contributed by atoms with E-state index in [1.165, 1.54) is 18.7 Å². The van der Waals surface area contributed by atoms with E-state index in [1.54, 1.807) is 29.1 Å². The maximum absolute atomic E-state index is 12.0. The summed E-state index contributed by atoms with van der Waals surface area (Å²) >= 11 is 0. The molecule has 3 rings (SSSR count). The van der Waals surface area contributed by atoms with E-state index in [2.05, 4.69) is 9.97 Å². The van der Waals surface area contributed by atoms with E-state index >= 15 is 0 Å². The fraction of sp³-hybridized carbons (Fsp3) is 0.154. The molecule has 0 atom stereocenters. The molecule has 2 aliphatic rings. The molecule has 2 aliphatic heterocycles. The average Bonchev–Trinajstić information content (AvgIpc) is 2.96. The number of pyridine rings is 1. The van der Waals surface area contributed by atoms with Crippen molar-refractivity contribution in [2.75, 3.05) is 0 Å². The molecule has 104 valence electrons. The molecule has 8 nitrogen and oxygen atoms in total. The zero-order valence-corrected chi connectivity index (χ0v) is 11.3. The van der Waals surface area contributed by atoms with Gasteiger partial charge in [0.05, 0.1) is 24.0 Å². The smallest absolute Gasteiger partial charge is 0.440 e. The number of imidazole rings is 1. The lowest BCUT2D eigenvalue weighted by Crippen LogP contribution is -2.31. The fourth-order valence-electron chi connectivity index (χ4n) is 2.01. The molecule has 1 aromatic rings.